The second-order valence-electron chi connectivity index (χ2n) is 5.96. The van der Waals surface area contributed by atoms with Crippen molar-refractivity contribution in [2.45, 2.75) is 60.3 Å². The van der Waals surface area contributed by atoms with E-state index >= 15 is 0 Å². The van der Waals surface area contributed by atoms with Gasteiger partial charge in [0.05, 0.1) is 0 Å². The molecule has 0 fully saturated rings. The molecule has 104 valence electrons. The van der Waals surface area contributed by atoms with Gasteiger partial charge in [0.25, 0.3) is 0 Å². The number of rotatable bonds is 11. The first-order chi connectivity index (χ1) is 8.04. The van der Waals surface area contributed by atoms with Crippen molar-refractivity contribution in [1.82, 2.24) is 5.32 Å². The summed E-state index contributed by atoms with van der Waals surface area (Å²) >= 11 is 0. The Morgan fingerprint density at radius 3 is 2.35 bits per heavy atom. The molecular weight excluding hydrogens is 210 g/mol. The van der Waals surface area contributed by atoms with Crippen LogP contribution in [0.1, 0.15) is 60.3 Å². The Bertz CT molecular complexity index is 170. The van der Waals surface area contributed by atoms with Crippen LogP contribution in [-0.4, -0.2) is 26.3 Å². The van der Waals surface area contributed by atoms with Crippen molar-refractivity contribution in [3.63, 3.8) is 0 Å². The van der Waals surface area contributed by atoms with E-state index in [4.69, 9.17) is 4.74 Å². The molecule has 0 rings (SSSR count). The lowest BCUT2D eigenvalue weighted by atomic mass is 9.82. The maximum Gasteiger partial charge on any atom is 0.0488 e. The number of hydrogen-bond acceptors (Lipinski definition) is 2. The predicted octanol–water partition coefficient (Wildman–Crippen LogP) is 3.86. The van der Waals surface area contributed by atoms with Gasteiger partial charge in [-0.3, -0.25) is 0 Å². The van der Waals surface area contributed by atoms with Crippen molar-refractivity contribution < 1.29 is 4.74 Å². The standard InChI is InChI=1S/C15H33NO/c1-6-8-15(5,13-16-10-7-2)9-11-17-12-14(3)4/h14,16H,6-13H2,1-5H3. The first kappa shape index (κ1) is 16.9. The number of hydrogen-bond donors (Lipinski definition) is 1. The van der Waals surface area contributed by atoms with Crippen molar-refractivity contribution in [3.05, 3.63) is 0 Å². The molecule has 1 N–H and O–H groups in total. The highest BCUT2D eigenvalue weighted by Crippen LogP contribution is 2.26. The Morgan fingerprint density at radius 2 is 1.82 bits per heavy atom. The van der Waals surface area contributed by atoms with Gasteiger partial charge < -0.3 is 10.1 Å². The van der Waals surface area contributed by atoms with Crippen LogP contribution in [0.2, 0.25) is 0 Å². The van der Waals surface area contributed by atoms with E-state index < -0.39 is 0 Å². The Balaban J connectivity index is 3.85. The lowest BCUT2D eigenvalue weighted by molar-refractivity contribution is 0.0774. The van der Waals surface area contributed by atoms with E-state index in [1.165, 1.54) is 25.7 Å². The summed E-state index contributed by atoms with van der Waals surface area (Å²) in [6, 6.07) is 0. The van der Waals surface area contributed by atoms with Crippen LogP contribution in [0, 0.1) is 11.3 Å². The molecule has 0 aromatic heterocycles. The molecule has 0 aliphatic rings. The molecule has 0 aliphatic carbocycles. The third-order valence-electron chi connectivity index (χ3n) is 3.13. The third-order valence-corrected chi connectivity index (χ3v) is 3.13. The van der Waals surface area contributed by atoms with Crippen LogP contribution in [0.5, 0.6) is 0 Å². The molecule has 0 aromatic carbocycles. The van der Waals surface area contributed by atoms with E-state index in [0.29, 0.717) is 11.3 Å². The van der Waals surface area contributed by atoms with Crippen molar-refractivity contribution in [2.75, 3.05) is 26.3 Å². The Kier molecular flexibility index (Phi) is 9.85. The molecule has 2 nitrogen and oxygen atoms in total. The van der Waals surface area contributed by atoms with Crippen LogP contribution in [0.25, 0.3) is 0 Å². The van der Waals surface area contributed by atoms with Gasteiger partial charge in [-0.25, -0.2) is 0 Å². The normalized spacial score (nSPS) is 15.2. The van der Waals surface area contributed by atoms with Gasteiger partial charge in [-0.1, -0.05) is 41.0 Å². The molecule has 0 saturated heterocycles. The molecule has 1 unspecified atom stereocenters. The maximum atomic E-state index is 5.72. The van der Waals surface area contributed by atoms with E-state index in [2.05, 4.69) is 39.9 Å². The minimum absolute atomic E-state index is 0.404. The summed E-state index contributed by atoms with van der Waals surface area (Å²) in [5.41, 5.74) is 0.404. The molecule has 0 saturated carbocycles. The lowest BCUT2D eigenvalue weighted by Gasteiger charge is -2.30. The van der Waals surface area contributed by atoms with Gasteiger partial charge in [-0.2, -0.15) is 0 Å². The van der Waals surface area contributed by atoms with Gasteiger partial charge in [-0.05, 0) is 37.1 Å². The quantitative estimate of drug-likeness (QED) is 0.556. The van der Waals surface area contributed by atoms with Crippen LogP contribution in [-0.2, 0) is 4.74 Å². The summed E-state index contributed by atoms with van der Waals surface area (Å²) in [6.07, 6.45) is 4.93. The first-order valence-corrected chi connectivity index (χ1v) is 7.32. The highest BCUT2D eigenvalue weighted by Gasteiger charge is 2.22. The van der Waals surface area contributed by atoms with Crippen LogP contribution in [0.15, 0.2) is 0 Å². The molecule has 1 atom stereocenters. The molecular formula is C15H33NO. The van der Waals surface area contributed by atoms with Crippen LogP contribution in [0.3, 0.4) is 0 Å². The zero-order valence-corrected chi connectivity index (χ0v) is 12.6. The highest BCUT2D eigenvalue weighted by molar-refractivity contribution is 4.76. The molecule has 0 bridgehead atoms. The van der Waals surface area contributed by atoms with Crippen molar-refractivity contribution in [2.24, 2.45) is 11.3 Å². The number of ether oxygens (including phenoxy) is 1. The Hall–Kier alpha value is -0.0800. The topological polar surface area (TPSA) is 21.3 Å². The van der Waals surface area contributed by atoms with Gasteiger partial charge >= 0.3 is 0 Å². The monoisotopic (exact) mass is 243 g/mol. The second-order valence-corrected chi connectivity index (χ2v) is 5.96. The van der Waals surface area contributed by atoms with E-state index in [9.17, 15) is 0 Å². The SMILES string of the molecule is CCCNCC(C)(CCC)CCOCC(C)C. The molecule has 17 heavy (non-hydrogen) atoms. The fourth-order valence-electron chi connectivity index (χ4n) is 2.11. The Morgan fingerprint density at radius 1 is 1.12 bits per heavy atom. The fourth-order valence-corrected chi connectivity index (χ4v) is 2.11. The zero-order valence-electron chi connectivity index (χ0n) is 12.6. The summed E-state index contributed by atoms with van der Waals surface area (Å²) in [6.45, 7) is 15.3. The number of nitrogens with one attached hydrogen (secondary N) is 1. The van der Waals surface area contributed by atoms with E-state index in [1.54, 1.807) is 0 Å². The minimum atomic E-state index is 0.404. The summed E-state index contributed by atoms with van der Waals surface area (Å²) in [4.78, 5) is 0. The highest BCUT2D eigenvalue weighted by atomic mass is 16.5. The van der Waals surface area contributed by atoms with E-state index in [1.807, 2.05) is 0 Å². The Labute approximate surface area is 109 Å². The van der Waals surface area contributed by atoms with Crippen molar-refractivity contribution in [1.29, 1.82) is 0 Å². The van der Waals surface area contributed by atoms with Crippen molar-refractivity contribution in [3.8, 4) is 0 Å². The average molecular weight is 243 g/mol. The van der Waals surface area contributed by atoms with Crippen molar-refractivity contribution >= 4 is 0 Å². The lowest BCUT2D eigenvalue weighted by Crippen LogP contribution is -2.33. The first-order valence-electron chi connectivity index (χ1n) is 7.32. The van der Waals surface area contributed by atoms with Crippen LogP contribution in [0.4, 0.5) is 0 Å². The average Bonchev–Trinajstić information content (AvgIpc) is 2.25. The van der Waals surface area contributed by atoms with Crippen LogP contribution < -0.4 is 5.32 Å². The summed E-state index contributed by atoms with van der Waals surface area (Å²) in [5, 5.41) is 3.55. The van der Waals surface area contributed by atoms with E-state index in [-0.39, 0.29) is 0 Å². The van der Waals surface area contributed by atoms with Gasteiger partial charge in [0.2, 0.25) is 0 Å². The van der Waals surface area contributed by atoms with Gasteiger partial charge in [0.1, 0.15) is 0 Å². The molecule has 0 amide bonds. The zero-order chi connectivity index (χ0) is 13.1. The molecule has 0 aliphatic heterocycles. The van der Waals surface area contributed by atoms with Crippen LogP contribution >= 0.6 is 0 Å². The second kappa shape index (κ2) is 9.90. The molecule has 0 spiro atoms. The largest absolute Gasteiger partial charge is 0.381 e. The summed E-state index contributed by atoms with van der Waals surface area (Å²) in [7, 11) is 0. The predicted molar refractivity (Wildman–Crippen MR) is 76.4 cm³/mol. The van der Waals surface area contributed by atoms with E-state index in [0.717, 1.165) is 26.3 Å². The fraction of sp³-hybridized carbons (Fsp3) is 1.00. The smallest absolute Gasteiger partial charge is 0.0488 e. The molecule has 2 heteroatoms. The minimum Gasteiger partial charge on any atom is -0.381 e. The van der Waals surface area contributed by atoms with Gasteiger partial charge in [-0.15, -0.1) is 0 Å². The summed E-state index contributed by atoms with van der Waals surface area (Å²) in [5.74, 6) is 0.644. The third kappa shape index (κ3) is 9.61. The molecule has 0 radical (unpaired) electrons. The molecule has 0 aromatic rings. The van der Waals surface area contributed by atoms with Gasteiger partial charge in [0, 0.05) is 19.8 Å². The molecule has 0 heterocycles. The van der Waals surface area contributed by atoms with Gasteiger partial charge in [0.15, 0.2) is 0 Å². The maximum absolute atomic E-state index is 5.72. The summed E-state index contributed by atoms with van der Waals surface area (Å²) < 4.78 is 5.72.